The smallest absolute Gasteiger partial charge is 0.273 e. The van der Waals surface area contributed by atoms with E-state index < -0.39 is 4.92 Å². The minimum Gasteiger partial charge on any atom is -0.320 e. The summed E-state index contributed by atoms with van der Waals surface area (Å²) in [7, 11) is 0. The van der Waals surface area contributed by atoms with Crippen LogP contribution in [0.15, 0.2) is 24.3 Å². The minimum atomic E-state index is -0.490. The van der Waals surface area contributed by atoms with Gasteiger partial charge in [-0.3, -0.25) is 19.9 Å². The maximum atomic E-state index is 12.3. The molecule has 2 aromatic rings. The Labute approximate surface area is 128 Å². The van der Waals surface area contributed by atoms with Crippen molar-refractivity contribution in [2.24, 2.45) is 0 Å². The molecule has 0 fully saturated rings. The third-order valence-electron chi connectivity index (χ3n) is 3.43. The van der Waals surface area contributed by atoms with Gasteiger partial charge in [0, 0.05) is 22.9 Å². The number of aryl methyl sites for hydroxylation is 4. The van der Waals surface area contributed by atoms with Crippen LogP contribution in [0, 0.1) is 37.8 Å². The molecule has 0 aliphatic rings. The lowest BCUT2D eigenvalue weighted by Crippen LogP contribution is -2.15. The Morgan fingerprint density at radius 2 is 1.82 bits per heavy atom. The molecule has 0 aliphatic carbocycles. The number of benzene rings is 1. The largest absolute Gasteiger partial charge is 0.320 e. The van der Waals surface area contributed by atoms with Crippen LogP contribution in [-0.4, -0.2) is 15.8 Å². The van der Waals surface area contributed by atoms with Crippen LogP contribution in [0.4, 0.5) is 11.4 Å². The van der Waals surface area contributed by atoms with Gasteiger partial charge < -0.3 is 5.32 Å². The molecule has 0 saturated heterocycles. The third kappa shape index (κ3) is 3.11. The van der Waals surface area contributed by atoms with Gasteiger partial charge in [-0.1, -0.05) is 6.07 Å². The Kier molecular flexibility index (Phi) is 4.21. The zero-order valence-electron chi connectivity index (χ0n) is 12.9. The topological polar surface area (TPSA) is 85.1 Å². The molecule has 1 aromatic heterocycles. The molecule has 1 N–H and O–H groups in total. The molecule has 0 unspecified atom stereocenters. The van der Waals surface area contributed by atoms with Crippen LogP contribution in [0.5, 0.6) is 0 Å². The molecule has 6 heteroatoms. The van der Waals surface area contributed by atoms with Gasteiger partial charge in [0.05, 0.1) is 16.3 Å². The summed E-state index contributed by atoms with van der Waals surface area (Å²) < 4.78 is 0. The molecular formula is C16H17N3O3. The van der Waals surface area contributed by atoms with Gasteiger partial charge in [0.2, 0.25) is 0 Å². The molecule has 0 radical (unpaired) electrons. The Balaban J connectivity index is 2.34. The Bertz CT molecular complexity index is 746. The van der Waals surface area contributed by atoms with Crippen LogP contribution in [0.2, 0.25) is 0 Å². The van der Waals surface area contributed by atoms with Gasteiger partial charge in [-0.25, -0.2) is 0 Å². The molecular weight excluding hydrogens is 282 g/mol. The molecule has 2 rings (SSSR count). The number of nitro groups is 1. The predicted molar refractivity (Wildman–Crippen MR) is 84.2 cm³/mol. The fourth-order valence-electron chi connectivity index (χ4n) is 2.35. The summed E-state index contributed by atoms with van der Waals surface area (Å²) in [6.45, 7) is 7.22. The highest BCUT2D eigenvalue weighted by Gasteiger charge is 2.16. The van der Waals surface area contributed by atoms with Crippen LogP contribution >= 0.6 is 0 Å². The fourth-order valence-corrected chi connectivity index (χ4v) is 2.35. The van der Waals surface area contributed by atoms with Gasteiger partial charge >= 0.3 is 0 Å². The molecule has 0 spiro atoms. The van der Waals surface area contributed by atoms with Crippen LogP contribution < -0.4 is 5.32 Å². The van der Waals surface area contributed by atoms with Crippen LogP contribution in [0.3, 0.4) is 0 Å². The first-order valence-corrected chi connectivity index (χ1v) is 6.81. The Morgan fingerprint density at radius 1 is 1.14 bits per heavy atom. The monoisotopic (exact) mass is 299 g/mol. The summed E-state index contributed by atoms with van der Waals surface area (Å²) in [5, 5.41) is 13.7. The third-order valence-corrected chi connectivity index (χ3v) is 3.43. The normalized spacial score (nSPS) is 10.4. The highest BCUT2D eigenvalue weighted by Crippen LogP contribution is 2.23. The lowest BCUT2D eigenvalue weighted by molar-refractivity contribution is -0.385. The van der Waals surface area contributed by atoms with Crippen LogP contribution in [0.25, 0.3) is 0 Å². The molecule has 1 amide bonds. The fraction of sp³-hybridized carbons (Fsp3) is 0.250. The van der Waals surface area contributed by atoms with E-state index in [0.29, 0.717) is 16.9 Å². The second kappa shape index (κ2) is 5.93. The first-order valence-electron chi connectivity index (χ1n) is 6.81. The van der Waals surface area contributed by atoms with E-state index in [1.54, 1.807) is 19.1 Å². The van der Waals surface area contributed by atoms with Crippen molar-refractivity contribution in [1.82, 2.24) is 4.98 Å². The van der Waals surface area contributed by atoms with Gasteiger partial charge in [-0.15, -0.1) is 0 Å². The molecule has 114 valence electrons. The zero-order valence-corrected chi connectivity index (χ0v) is 12.9. The SMILES string of the molecule is Cc1cc(C)c(NC(=O)c2ccc(C)c([N+](=O)[O-])c2)c(C)n1. The number of nitrogens with zero attached hydrogens (tertiary/aromatic N) is 2. The lowest BCUT2D eigenvalue weighted by atomic mass is 10.1. The van der Waals surface area contributed by atoms with E-state index in [4.69, 9.17) is 0 Å². The van der Waals surface area contributed by atoms with Gasteiger partial charge in [-0.05, 0) is 45.4 Å². The van der Waals surface area contributed by atoms with E-state index in [-0.39, 0.29) is 17.2 Å². The summed E-state index contributed by atoms with van der Waals surface area (Å²) in [4.78, 5) is 27.1. The second-order valence-corrected chi connectivity index (χ2v) is 5.25. The summed E-state index contributed by atoms with van der Waals surface area (Å²) in [5.74, 6) is -0.389. The molecule has 0 aliphatic heterocycles. The van der Waals surface area contributed by atoms with Gasteiger partial charge in [0.25, 0.3) is 11.6 Å². The highest BCUT2D eigenvalue weighted by molar-refractivity contribution is 6.05. The summed E-state index contributed by atoms with van der Waals surface area (Å²) in [6, 6.07) is 6.31. The number of nitro benzene ring substituents is 1. The van der Waals surface area contributed by atoms with Crippen molar-refractivity contribution in [3.8, 4) is 0 Å². The molecule has 1 heterocycles. The zero-order chi connectivity index (χ0) is 16.4. The predicted octanol–water partition coefficient (Wildman–Crippen LogP) is 3.48. The Hall–Kier alpha value is -2.76. The van der Waals surface area contributed by atoms with Gasteiger partial charge in [0.15, 0.2) is 0 Å². The number of rotatable bonds is 3. The molecule has 0 saturated carbocycles. The lowest BCUT2D eigenvalue weighted by Gasteiger charge is -2.12. The molecule has 1 aromatic carbocycles. The number of hydrogen-bond acceptors (Lipinski definition) is 4. The number of carbonyl (C=O) groups excluding carboxylic acids is 1. The van der Waals surface area contributed by atoms with Crippen molar-refractivity contribution >= 4 is 17.3 Å². The molecule has 22 heavy (non-hydrogen) atoms. The van der Waals surface area contributed by atoms with E-state index in [0.717, 1.165) is 11.3 Å². The molecule has 0 atom stereocenters. The summed E-state index contributed by atoms with van der Waals surface area (Å²) in [6.07, 6.45) is 0. The van der Waals surface area contributed by atoms with E-state index in [2.05, 4.69) is 10.3 Å². The standard InChI is InChI=1S/C16H17N3O3/c1-9-5-6-13(8-14(9)19(21)22)16(20)18-15-10(2)7-11(3)17-12(15)4/h5-8H,1-4H3,(H,18,20). The highest BCUT2D eigenvalue weighted by atomic mass is 16.6. The molecule has 0 bridgehead atoms. The van der Waals surface area contributed by atoms with Crippen LogP contribution in [0.1, 0.15) is 32.9 Å². The van der Waals surface area contributed by atoms with E-state index in [1.165, 1.54) is 6.07 Å². The van der Waals surface area contributed by atoms with E-state index in [1.807, 2.05) is 26.8 Å². The minimum absolute atomic E-state index is 0.0666. The first kappa shape index (κ1) is 15.6. The first-order chi connectivity index (χ1) is 10.3. The van der Waals surface area contributed by atoms with Crippen molar-refractivity contribution in [3.63, 3.8) is 0 Å². The number of pyridine rings is 1. The van der Waals surface area contributed by atoms with E-state index in [9.17, 15) is 14.9 Å². The number of hydrogen-bond donors (Lipinski definition) is 1. The van der Waals surface area contributed by atoms with Crippen molar-refractivity contribution < 1.29 is 9.72 Å². The number of amides is 1. The maximum Gasteiger partial charge on any atom is 0.273 e. The molecule has 6 nitrogen and oxygen atoms in total. The maximum absolute atomic E-state index is 12.3. The van der Waals surface area contributed by atoms with Crippen molar-refractivity contribution in [2.75, 3.05) is 5.32 Å². The van der Waals surface area contributed by atoms with Crippen molar-refractivity contribution in [1.29, 1.82) is 0 Å². The van der Waals surface area contributed by atoms with Crippen molar-refractivity contribution in [3.05, 3.63) is 62.5 Å². The number of nitrogens with one attached hydrogen (secondary N) is 1. The average Bonchev–Trinajstić information content (AvgIpc) is 2.42. The van der Waals surface area contributed by atoms with Crippen LogP contribution in [-0.2, 0) is 0 Å². The second-order valence-electron chi connectivity index (χ2n) is 5.25. The number of anilines is 1. The van der Waals surface area contributed by atoms with Gasteiger partial charge in [0.1, 0.15) is 0 Å². The number of aromatic nitrogens is 1. The average molecular weight is 299 g/mol. The van der Waals surface area contributed by atoms with Crippen molar-refractivity contribution in [2.45, 2.75) is 27.7 Å². The quantitative estimate of drug-likeness (QED) is 0.694. The van der Waals surface area contributed by atoms with E-state index >= 15 is 0 Å². The summed E-state index contributed by atoms with van der Waals surface area (Å²) in [5.41, 5.74) is 3.83. The number of carbonyl (C=O) groups is 1. The van der Waals surface area contributed by atoms with Gasteiger partial charge in [-0.2, -0.15) is 0 Å². The Morgan fingerprint density at radius 3 is 2.41 bits per heavy atom. The summed E-state index contributed by atoms with van der Waals surface area (Å²) >= 11 is 0.